The Kier molecular flexibility index (Phi) is 5.08. The summed E-state index contributed by atoms with van der Waals surface area (Å²) in [6, 6.07) is 8.31. The number of hydrogen-bond donors (Lipinski definition) is 0. The van der Waals surface area contributed by atoms with Gasteiger partial charge in [-0.15, -0.1) is 0 Å². The van der Waals surface area contributed by atoms with Crippen molar-refractivity contribution >= 4 is 17.8 Å². The molecule has 1 aliphatic carbocycles. The van der Waals surface area contributed by atoms with Crippen LogP contribution in [0, 0.1) is 0 Å². The van der Waals surface area contributed by atoms with E-state index in [0.29, 0.717) is 37.7 Å². The number of benzene rings is 1. The van der Waals surface area contributed by atoms with E-state index >= 15 is 0 Å². The van der Waals surface area contributed by atoms with Gasteiger partial charge in [0.05, 0.1) is 6.61 Å². The predicted octanol–water partition coefficient (Wildman–Crippen LogP) is 2.29. The van der Waals surface area contributed by atoms with Crippen LogP contribution in [-0.4, -0.2) is 44.7 Å². The van der Waals surface area contributed by atoms with Crippen molar-refractivity contribution in [3.63, 3.8) is 0 Å². The molecule has 124 valence electrons. The zero-order chi connectivity index (χ0) is 16.2. The third-order valence-electron chi connectivity index (χ3n) is 4.75. The van der Waals surface area contributed by atoms with E-state index in [1.165, 1.54) is 5.56 Å². The lowest BCUT2D eigenvalue weighted by Gasteiger charge is -2.24. The number of nitrogens with zero attached hydrogens (tertiary/aromatic N) is 1. The number of hydrogen-bond acceptors (Lipinski definition) is 5. The van der Waals surface area contributed by atoms with Crippen LogP contribution in [0.5, 0.6) is 0 Å². The number of ether oxygens (including phenoxy) is 2. The summed E-state index contributed by atoms with van der Waals surface area (Å²) in [5.41, 5.74) is 2.26. The van der Waals surface area contributed by atoms with Crippen molar-refractivity contribution in [3.8, 4) is 0 Å². The summed E-state index contributed by atoms with van der Waals surface area (Å²) < 4.78 is 10.8. The smallest absolute Gasteiger partial charge is 0.187 e. The minimum Gasteiger partial charge on any atom is -0.382 e. The van der Waals surface area contributed by atoms with Gasteiger partial charge in [-0.1, -0.05) is 12.1 Å². The van der Waals surface area contributed by atoms with Gasteiger partial charge < -0.3 is 14.4 Å². The SMILES string of the molecule is COCC1CN(c2ccc(C3CCC(=O)CC3)cc2)C(C=O)O1. The number of Topliss-reactive ketones (excluding diaryl/α,β-unsaturated/α-hetero) is 1. The van der Waals surface area contributed by atoms with Gasteiger partial charge >= 0.3 is 0 Å². The fourth-order valence-corrected chi connectivity index (χ4v) is 3.48. The third-order valence-corrected chi connectivity index (χ3v) is 4.75. The quantitative estimate of drug-likeness (QED) is 0.780. The normalized spacial score (nSPS) is 25.8. The van der Waals surface area contributed by atoms with E-state index in [0.717, 1.165) is 24.8 Å². The van der Waals surface area contributed by atoms with Crippen molar-refractivity contribution in [2.24, 2.45) is 0 Å². The van der Waals surface area contributed by atoms with Crippen molar-refractivity contribution in [2.45, 2.75) is 43.9 Å². The zero-order valence-electron chi connectivity index (χ0n) is 13.4. The van der Waals surface area contributed by atoms with Crippen molar-refractivity contribution in [1.82, 2.24) is 0 Å². The predicted molar refractivity (Wildman–Crippen MR) is 86.6 cm³/mol. The third kappa shape index (κ3) is 3.62. The van der Waals surface area contributed by atoms with Crippen LogP contribution >= 0.6 is 0 Å². The van der Waals surface area contributed by atoms with Gasteiger partial charge in [-0.3, -0.25) is 9.59 Å². The average Bonchev–Trinajstić information content (AvgIpc) is 2.99. The van der Waals surface area contributed by atoms with Gasteiger partial charge in [-0.05, 0) is 36.5 Å². The summed E-state index contributed by atoms with van der Waals surface area (Å²) in [5, 5.41) is 0. The molecule has 1 heterocycles. The van der Waals surface area contributed by atoms with Crippen LogP contribution in [0.4, 0.5) is 5.69 Å². The van der Waals surface area contributed by atoms with Gasteiger partial charge in [0.25, 0.3) is 0 Å². The van der Waals surface area contributed by atoms with Gasteiger partial charge in [-0.2, -0.15) is 0 Å². The van der Waals surface area contributed by atoms with Gasteiger partial charge in [0.2, 0.25) is 0 Å². The summed E-state index contributed by atoms with van der Waals surface area (Å²) in [6.07, 6.45) is 3.47. The van der Waals surface area contributed by atoms with Crippen LogP contribution in [0.3, 0.4) is 0 Å². The van der Waals surface area contributed by atoms with Gasteiger partial charge in [0.1, 0.15) is 11.9 Å². The largest absolute Gasteiger partial charge is 0.382 e. The first-order chi connectivity index (χ1) is 11.2. The number of carbonyl (C=O) groups is 2. The number of aldehydes is 1. The molecule has 23 heavy (non-hydrogen) atoms. The van der Waals surface area contributed by atoms with Crippen molar-refractivity contribution in [3.05, 3.63) is 29.8 Å². The van der Waals surface area contributed by atoms with Crippen molar-refractivity contribution in [2.75, 3.05) is 25.2 Å². The molecule has 5 nitrogen and oxygen atoms in total. The van der Waals surface area contributed by atoms with Gasteiger partial charge in [0.15, 0.2) is 12.5 Å². The Hall–Kier alpha value is -1.72. The molecule has 0 spiro atoms. The van der Waals surface area contributed by atoms with E-state index in [1.54, 1.807) is 7.11 Å². The number of carbonyl (C=O) groups excluding carboxylic acids is 2. The molecule has 1 aliphatic heterocycles. The molecule has 2 atom stereocenters. The lowest BCUT2D eigenvalue weighted by molar-refractivity contribution is -0.120. The summed E-state index contributed by atoms with van der Waals surface area (Å²) in [4.78, 5) is 24.6. The summed E-state index contributed by atoms with van der Waals surface area (Å²) in [6.45, 7) is 1.13. The second kappa shape index (κ2) is 7.23. The molecular formula is C18H23NO4. The molecule has 0 amide bonds. The summed E-state index contributed by atoms with van der Waals surface area (Å²) >= 11 is 0. The monoisotopic (exact) mass is 317 g/mol. The standard InChI is InChI=1S/C18H23NO4/c1-22-12-17-10-19(18(11-20)23-17)15-6-2-13(3-7-15)14-4-8-16(21)9-5-14/h2-3,6-7,11,14,17-18H,4-5,8-10,12H2,1H3. The highest BCUT2D eigenvalue weighted by Crippen LogP contribution is 2.33. The van der Waals surface area contributed by atoms with Crippen LogP contribution < -0.4 is 4.90 Å². The van der Waals surface area contributed by atoms with E-state index in [4.69, 9.17) is 9.47 Å². The van der Waals surface area contributed by atoms with Gasteiger partial charge in [-0.25, -0.2) is 0 Å². The fraction of sp³-hybridized carbons (Fsp3) is 0.556. The molecule has 2 unspecified atom stereocenters. The molecule has 1 saturated carbocycles. The lowest BCUT2D eigenvalue weighted by Crippen LogP contribution is -2.31. The molecular weight excluding hydrogens is 294 g/mol. The Bertz CT molecular complexity index is 547. The topological polar surface area (TPSA) is 55.8 Å². The number of rotatable bonds is 5. The first kappa shape index (κ1) is 16.1. The lowest BCUT2D eigenvalue weighted by atomic mass is 9.83. The molecule has 0 bridgehead atoms. The number of anilines is 1. The summed E-state index contributed by atoms with van der Waals surface area (Å²) in [7, 11) is 1.63. The highest BCUT2D eigenvalue weighted by molar-refractivity contribution is 5.79. The molecule has 5 heteroatoms. The molecule has 3 rings (SSSR count). The molecule has 0 aromatic heterocycles. The first-order valence-corrected chi connectivity index (χ1v) is 8.19. The molecule has 2 fully saturated rings. The Morgan fingerprint density at radius 3 is 2.57 bits per heavy atom. The van der Waals surface area contributed by atoms with E-state index < -0.39 is 6.23 Å². The number of methoxy groups -OCH3 is 1. The van der Waals surface area contributed by atoms with Crippen LogP contribution in [-0.2, 0) is 19.1 Å². The molecule has 0 N–H and O–H groups in total. The fourth-order valence-electron chi connectivity index (χ4n) is 3.48. The Morgan fingerprint density at radius 1 is 1.26 bits per heavy atom. The molecule has 1 aromatic carbocycles. The highest BCUT2D eigenvalue weighted by atomic mass is 16.6. The minimum absolute atomic E-state index is 0.0840. The maximum atomic E-state index is 11.4. The number of ketones is 1. The van der Waals surface area contributed by atoms with E-state index in [2.05, 4.69) is 12.1 Å². The Morgan fingerprint density at radius 2 is 1.96 bits per heavy atom. The molecule has 1 aromatic rings. The van der Waals surface area contributed by atoms with E-state index in [-0.39, 0.29) is 6.10 Å². The second-order valence-electron chi connectivity index (χ2n) is 6.30. The first-order valence-electron chi connectivity index (χ1n) is 8.19. The molecule has 2 aliphatic rings. The van der Waals surface area contributed by atoms with Crippen LogP contribution in [0.15, 0.2) is 24.3 Å². The maximum absolute atomic E-state index is 11.4. The van der Waals surface area contributed by atoms with Crippen LogP contribution in [0.1, 0.15) is 37.2 Å². The maximum Gasteiger partial charge on any atom is 0.187 e. The van der Waals surface area contributed by atoms with Crippen LogP contribution in [0.2, 0.25) is 0 Å². The second-order valence-corrected chi connectivity index (χ2v) is 6.30. The Balaban J connectivity index is 1.69. The summed E-state index contributed by atoms with van der Waals surface area (Å²) in [5.74, 6) is 0.852. The van der Waals surface area contributed by atoms with E-state index in [9.17, 15) is 9.59 Å². The Labute approximate surface area is 136 Å². The minimum atomic E-state index is -0.548. The van der Waals surface area contributed by atoms with Crippen molar-refractivity contribution < 1.29 is 19.1 Å². The van der Waals surface area contributed by atoms with Crippen molar-refractivity contribution in [1.29, 1.82) is 0 Å². The molecule has 0 radical (unpaired) electrons. The van der Waals surface area contributed by atoms with Gasteiger partial charge in [0, 0.05) is 32.2 Å². The average molecular weight is 317 g/mol. The molecule has 1 saturated heterocycles. The van der Waals surface area contributed by atoms with E-state index in [1.807, 2.05) is 17.0 Å². The zero-order valence-corrected chi connectivity index (χ0v) is 13.4. The highest BCUT2D eigenvalue weighted by Gasteiger charge is 2.32. The van der Waals surface area contributed by atoms with Crippen LogP contribution in [0.25, 0.3) is 0 Å².